The van der Waals surface area contributed by atoms with E-state index in [1.54, 1.807) is 0 Å². The third kappa shape index (κ3) is 3.94. The van der Waals surface area contributed by atoms with Crippen molar-refractivity contribution >= 4 is 21.7 Å². The Bertz CT molecular complexity index is 588. The molecule has 0 aromatic heterocycles. The lowest BCUT2D eigenvalue weighted by Crippen LogP contribution is -2.07. The van der Waals surface area contributed by atoms with Gasteiger partial charge in [-0.2, -0.15) is 0 Å². The van der Waals surface area contributed by atoms with Gasteiger partial charge < -0.3 is 4.74 Å². The summed E-state index contributed by atoms with van der Waals surface area (Å²) in [5.74, 6) is 0.894. The highest BCUT2D eigenvalue weighted by atomic mass is 79.9. The van der Waals surface area contributed by atoms with Gasteiger partial charge in [0, 0.05) is 16.5 Å². The number of carbonyl (C=O) groups is 1. The molecule has 0 saturated carbocycles. The predicted molar refractivity (Wildman–Crippen MR) is 84.4 cm³/mol. The topological polar surface area (TPSA) is 26.3 Å². The number of carbonyl (C=O) groups excluding carboxylic acids is 1. The molecule has 104 valence electrons. The number of rotatable bonds is 5. The molecular formula is C17H17BrO2. The van der Waals surface area contributed by atoms with Crippen molar-refractivity contribution in [2.24, 2.45) is 0 Å². The third-order valence-corrected chi connectivity index (χ3v) is 3.63. The number of benzene rings is 2. The third-order valence-electron chi connectivity index (χ3n) is 2.86. The van der Waals surface area contributed by atoms with Gasteiger partial charge in [0.1, 0.15) is 5.75 Å². The number of ketones is 1. The van der Waals surface area contributed by atoms with E-state index in [1.165, 1.54) is 0 Å². The van der Waals surface area contributed by atoms with Crippen molar-refractivity contribution < 1.29 is 9.53 Å². The smallest absolute Gasteiger partial charge is 0.167 e. The molecule has 0 spiro atoms. The zero-order chi connectivity index (χ0) is 14.5. The van der Waals surface area contributed by atoms with Crippen molar-refractivity contribution in [1.82, 2.24) is 0 Å². The fraction of sp³-hybridized carbons (Fsp3) is 0.235. The highest BCUT2D eigenvalue weighted by Gasteiger charge is 2.09. The van der Waals surface area contributed by atoms with Crippen LogP contribution in [0.2, 0.25) is 0 Å². The van der Waals surface area contributed by atoms with Gasteiger partial charge in [0.15, 0.2) is 5.78 Å². The molecule has 0 heterocycles. The Morgan fingerprint density at radius 2 is 1.75 bits per heavy atom. The molecule has 0 fully saturated rings. The van der Waals surface area contributed by atoms with Crippen LogP contribution in [0.15, 0.2) is 53.0 Å². The second kappa shape index (κ2) is 6.71. The van der Waals surface area contributed by atoms with Gasteiger partial charge in [-0.25, -0.2) is 0 Å². The molecule has 2 aromatic rings. The van der Waals surface area contributed by atoms with E-state index < -0.39 is 0 Å². The maximum absolute atomic E-state index is 12.2. The van der Waals surface area contributed by atoms with Crippen LogP contribution in [0.3, 0.4) is 0 Å². The number of hydrogen-bond donors (Lipinski definition) is 0. The molecule has 0 N–H and O–H groups in total. The van der Waals surface area contributed by atoms with Crippen molar-refractivity contribution in [1.29, 1.82) is 0 Å². The van der Waals surface area contributed by atoms with Crippen molar-refractivity contribution in [2.75, 3.05) is 0 Å². The van der Waals surface area contributed by atoms with E-state index in [4.69, 9.17) is 4.74 Å². The van der Waals surface area contributed by atoms with Gasteiger partial charge in [0.05, 0.1) is 6.10 Å². The molecule has 0 atom stereocenters. The first-order chi connectivity index (χ1) is 9.56. The number of ether oxygens (including phenoxy) is 1. The van der Waals surface area contributed by atoms with E-state index in [0.29, 0.717) is 12.0 Å². The summed E-state index contributed by atoms with van der Waals surface area (Å²) < 4.78 is 6.53. The zero-order valence-corrected chi connectivity index (χ0v) is 13.2. The minimum Gasteiger partial charge on any atom is -0.491 e. The summed E-state index contributed by atoms with van der Waals surface area (Å²) in [6, 6.07) is 15.1. The van der Waals surface area contributed by atoms with E-state index >= 15 is 0 Å². The van der Waals surface area contributed by atoms with Gasteiger partial charge in [-0.05, 0) is 49.7 Å². The molecule has 0 saturated heterocycles. The summed E-state index contributed by atoms with van der Waals surface area (Å²) in [6.07, 6.45) is 0.531. The van der Waals surface area contributed by atoms with Crippen LogP contribution in [0.4, 0.5) is 0 Å². The summed E-state index contributed by atoms with van der Waals surface area (Å²) in [5.41, 5.74) is 1.71. The molecule has 0 bridgehead atoms. The van der Waals surface area contributed by atoms with Crippen molar-refractivity contribution in [2.45, 2.75) is 26.4 Å². The van der Waals surface area contributed by atoms with Crippen LogP contribution in [0, 0.1) is 0 Å². The van der Waals surface area contributed by atoms with Gasteiger partial charge in [0.25, 0.3) is 0 Å². The standard InChI is InChI=1S/C17H17BrO2/c1-12(2)20-15-9-7-13(8-10-15)17(19)11-14-5-3-4-6-16(14)18/h3-10,12H,11H2,1-2H3. The molecule has 2 aromatic carbocycles. The summed E-state index contributed by atoms with van der Waals surface area (Å²) in [7, 11) is 0. The average Bonchev–Trinajstić information content (AvgIpc) is 2.41. The van der Waals surface area contributed by atoms with Gasteiger partial charge >= 0.3 is 0 Å². The minimum atomic E-state index is 0.105. The van der Waals surface area contributed by atoms with E-state index in [2.05, 4.69) is 15.9 Å². The molecule has 3 heteroatoms. The number of Topliss-reactive ketones (excluding diaryl/α,β-unsaturated/α-hetero) is 1. The lowest BCUT2D eigenvalue weighted by Gasteiger charge is -2.10. The lowest BCUT2D eigenvalue weighted by atomic mass is 10.0. The molecule has 2 rings (SSSR count). The maximum atomic E-state index is 12.2. The lowest BCUT2D eigenvalue weighted by molar-refractivity contribution is 0.0993. The van der Waals surface area contributed by atoms with Crippen LogP contribution in [0.5, 0.6) is 5.75 Å². The summed E-state index contributed by atoms with van der Waals surface area (Å²) in [6.45, 7) is 3.96. The summed E-state index contributed by atoms with van der Waals surface area (Å²) >= 11 is 3.46. The Hall–Kier alpha value is -1.61. The van der Waals surface area contributed by atoms with Crippen LogP contribution in [-0.4, -0.2) is 11.9 Å². The molecule has 0 aliphatic carbocycles. The Morgan fingerprint density at radius 3 is 2.35 bits per heavy atom. The van der Waals surface area contributed by atoms with Crippen molar-refractivity contribution in [3.8, 4) is 5.75 Å². The molecule has 0 amide bonds. The molecule has 0 unspecified atom stereocenters. The van der Waals surface area contributed by atoms with Gasteiger partial charge in [-0.15, -0.1) is 0 Å². The fourth-order valence-corrected chi connectivity index (χ4v) is 2.33. The number of halogens is 1. The first-order valence-corrected chi connectivity index (χ1v) is 7.39. The van der Waals surface area contributed by atoms with E-state index in [1.807, 2.05) is 62.4 Å². The van der Waals surface area contributed by atoms with Gasteiger partial charge in [-0.1, -0.05) is 34.1 Å². The van der Waals surface area contributed by atoms with E-state index in [0.717, 1.165) is 15.8 Å². The second-order valence-electron chi connectivity index (χ2n) is 4.88. The highest BCUT2D eigenvalue weighted by molar-refractivity contribution is 9.10. The van der Waals surface area contributed by atoms with E-state index in [9.17, 15) is 4.79 Å². The van der Waals surface area contributed by atoms with Crippen LogP contribution in [0.25, 0.3) is 0 Å². The average molecular weight is 333 g/mol. The predicted octanol–water partition coefficient (Wildman–Crippen LogP) is 4.66. The fourth-order valence-electron chi connectivity index (χ4n) is 1.91. The first kappa shape index (κ1) is 14.8. The quantitative estimate of drug-likeness (QED) is 0.744. The molecule has 0 aliphatic heterocycles. The molecule has 20 heavy (non-hydrogen) atoms. The van der Waals surface area contributed by atoms with Crippen LogP contribution >= 0.6 is 15.9 Å². The van der Waals surface area contributed by atoms with Crippen LogP contribution < -0.4 is 4.74 Å². The van der Waals surface area contributed by atoms with Crippen molar-refractivity contribution in [3.63, 3.8) is 0 Å². The first-order valence-electron chi connectivity index (χ1n) is 6.59. The Kier molecular flexibility index (Phi) is 4.96. The van der Waals surface area contributed by atoms with Crippen LogP contribution in [0.1, 0.15) is 29.8 Å². The molecule has 0 aliphatic rings. The molecule has 2 nitrogen and oxygen atoms in total. The highest BCUT2D eigenvalue weighted by Crippen LogP contribution is 2.19. The minimum absolute atomic E-state index is 0.105. The normalized spacial score (nSPS) is 10.6. The van der Waals surface area contributed by atoms with E-state index in [-0.39, 0.29) is 11.9 Å². The Balaban J connectivity index is 2.08. The summed E-state index contributed by atoms with van der Waals surface area (Å²) in [4.78, 5) is 12.2. The second-order valence-corrected chi connectivity index (χ2v) is 5.74. The van der Waals surface area contributed by atoms with Gasteiger partial charge in [0.2, 0.25) is 0 Å². The Morgan fingerprint density at radius 1 is 1.10 bits per heavy atom. The molecule has 0 radical (unpaired) electrons. The zero-order valence-electron chi connectivity index (χ0n) is 11.6. The largest absolute Gasteiger partial charge is 0.491 e. The summed E-state index contributed by atoms with van der Waals surface area (Å²) in [5, 5.41) is 0. The van der Waals surface area contributed by atoms with Crippen LogP contribution in [-0.2, 0) is 6.42 Å². The molecular weight excluding hydrogens is 316 g/mol. The maximum Gasteiger partial charge on any atom is 0.167 e. The monoisotopic (exact) mass is 332 g/mol. The number of hydrogen-bond acceptors (Lipinski definition) is 2. The van der Waals surface area contributed by atoms with Crippen molar-refractivity contribution in [3.05, 3.63) is 64.1 Å². The van der Waals surface area contributed by atoms with Gasteiger partial charge in [-0.3, -0.25) is 4.79 Å². The Labute approximate surface area is 127 Å². The SMILES string of the molecule is CC(C)Oc1ccc(C(=O)Cc2ccccc2Br)cc1.